The number of hydrazone groups is 1. The molecule has 0 aromatic heterocycles. The molecule has 0 aliphatic heterocycles. The average molecular weight is 425 g/mol. The third kappa shape index (κ3) is 6.53. The van der Waals surface area contributed by atoms with Crippen molar-refractivity contribution in [3.05, 3.63) is 88.9 Å². The van der Waals surface area contributed by atoms with Gasteiger partial charge in [-0.2, -0.15) is 5.10 Å². The van der Waals surface area contributed by atoms with Gasteiger partial charge in [-0.05, 0) is 53.6 Å². The molecule has 0 aliphatic carbocycles. The van der Waals surface area contributed by atoms with Gasteiger partial charge < -0.3 is 14.2 Å². The molecule has 0 saturated carbocycles. The van der Waals surface area contributed by atoms with E-state index in [1.54, 1.807) is 31.4 Å². The smallest absolute Gasteiger partial charge is 0.277 e. The zero-order valence-corrected chi connectivity index (χ0v) is 17.1. The van der Waals surface area contributed by atoms with Crippen molar-refractivity contribution in [2.24, 2.45) is 5.10 Å². The Morgan fingerprint density at radius 3 is 2.50 bits per heavy atom. The summed E-state index contributed by atoms with van der Waals surface area (Å²) in [6.07, 6.45) is 1.52. The summed E-state index contributed by atoms with van der Waals surface area (Å²) in [5.41, 5.74) is 4.17. The van der Waals surface area contributed by atoms with Gasteiger partial charge in [0.1, 0.15) is 12.4 Å². The van der Waals surface area contributed by atoms with E-state index in [9.17, 15) is 4.79 Å². The first kappa shape index (κ1) is 21.2. The number of carbonyl (C=O) groups is 1. The number of carbonyl (C=O) groups excluding carboxylic acids is 1. The number of benzene rings is 3. The van der Waals surface area contributed by atoms with Crippen molar-refractivity contribution in [2.45, 2.75) is 6.61 Å². The van der Waals surface area contributed by atoms with E-state index in [1.807, 2.05) is 48.5 Å². The lowest BCUT2D eigenvalue weighted by molar-refractivity contribution is -0.123. The van der Waals surface area contributed by atoms with E-state index in [0.29, 0.717) is 28.9 Å². The molecule has 0 saturated heterocycles. The fraction of sp³-hybridized carbons (Fsp3) is 0.130. The highest BCUT2D eigenvalue weighted by molar-refractivity contribution is 6.30. The van der Waals surface area contributed by atoms with Gasteiger partial charge in [0.2, 0.25) is 0 Å². The predicted molar refractivity (Wildman–Crippen MR) is 116 cm³/mol. The van der Waals surface area contributed by atoms with E-state index < -0.39 is 0 Å². The fourth-order valence-electron chi connectivity index (χ4n) is 2.50. The molecule has 0 aliphatic rings. The van der Waals surface area contributed by atoms with Crippen LogP contribution in [0.2, 0.25) is 5.02 Å². The summed E-state index contributed by atoms with van der Waals surface area (Å²) >= 11 is 5.89. The maximum Gasteiger partial charge on any atom is 0.277 e. The molecule has 6 nitrogen and oxygen atoms in total. The monoisotopic (exact) mass is 424 g/mol. The molecule has 0 unspecified atom stereocenters. The van der Waals surface area contributed by atoms with Crippen molar-refractivity contribution < 1.29 is 19.0 Å². The number of amides is 1. The Morgan fingerprint density at radius 1 is 1.00 bits per heavy atom. The second-order valence-electron chi connectivity index (χ2n) is 6.22. The molecule has 3 aromatic carbocycles. The highest BCUT2D eigenvalue weighted by atomic mass is 35.5. The van der Waals surface area contributed by atoms with Crippen molar-refractivity contribution >= 4 is 23.7 Å². The van der Waals surface area contributed by atoms with Crippen molar-refractivity contribution in [3.63, 3.8) is 0 Å². The highest BCUT2D eigenvalue weighted by Gasteiger charge is 2.06. The maximum atomic E-state index is 11.8. The van der Waals surface area contributed by atoms with Crippen molar-refractivity contribution in [3.8, 4) is 17.2 Å². The number of hydrogen-bond donors (Lipinski definition) is 1. The van der Waals surface area contributed by atoms with Crippen LogP contribution in [0.15, 0.2) is 77.9 Å². The first-order chi connectivity index (χ1) is 14.6. The van der Waals surface area contributed by atoms with Crippen LogP contribution in [0.5, 0.6) is 17.2 Å². The molecule has 154 valence electrons. The van der Waals surface area contributed by atoms with E-state index in [4.69, 9.17) is 25.8 Å². The van der Waals surface area contributed by atoms with Crippen LogP contribution < -0.4 is 19.6 Å². The highest BCUT2D eigenvalue weighted by Crippen LogP contribution is 2.28. The summed E-state index contributed by atoms with van der Waals surface area (Å²) in [7, 11) is 1.56. The lowest BCUT2D eigenvalue weighted by Gasteiger charge is -2.11. The SMILES string of the molecule is COc1cc(/C=N\NC(=O)COc2ccccc2)ccc1OCc1ccc(Cl)cc1. The number of halogens is 1. The van der Waals surface area contributed by atoms with Crippen LogP contribution in [0.1, 0.15) is 11.1 Å². The molecule has 1 amide bonds. The Morgan fingerprint density at radius 2 is 1.77 bits per heavy atom. The van der Waals surface area contributed by atoms with E-state index >= 15 is 0 Å². The van der Waals surface area contributed by atoms with Gasteiger partial charge in [-0.15, -0.1) is 0 Å². The molecule has 1 N–H and O–H groups in total. The van der Waals surface area contributed by atoms with E-state index in [1.165, 1.54) is 6.21 Å². The zero-order valence-electron chi connectivity index (χ0n) is 16.4. The van der Waals surface area contributed by atoms with Gasteiger partial charge in [-0.3, -0.25) is 4.79 Å². The first-order valence-corrected chi connectivity index (χ1v) is 9.57. The fourth-order valence-corrected chi connectivity index (χ4v) is 2.63. The molecule has 0 heterocycles. The number of nitrogens with zero attached hydrogens (tertiary/aromatic N) is 1. The van der Waals surface area contributed by atoms with Crippen molar-refractivity contribution in [1.82, 2.24) is 5.43 Å². The third-order valence-electron chi connectivity index (χ3n) is 4.01. The van der Waals surface area contributed by atoms with Crippen LogP contribution in [0.3, 0.4) is 0 Å². The molecule has 7 heteroatoms. The predicted octanol–water partition coefficient (Wildman–Crippen LogP) is 4.46. The van der Waals surface area contributed by atoms with Crippen molar-refractivity contribution in [1.29, 1.82) is 0 Å². The van der Waals surface area contributed by atoms with Gasteiger partial charge in [0.25, 0.3) is 5.91 Å². The second kappa shape index (κ2) is 10.9. The lowest BCUT2D eigenvalue weighted by Crippen LogP contribution is -2.24. The van der Waals surface area contributed by atoms with Crippen LogP contribution in [0, 0.1) is 0 Å². The summed E-state index contributed by atoms with van der Waals surface area (Å²) in [6.45, 7) is 0.264. The normalized spacial score (nSPS) is 10.6. The van der Waals surface area contributed by atoms with Crippen molar-refractivity contribution in [2.75, 3.05) is 13.7 Å². The minimum atomic E-state index is -0.356. The molecule has 0 spiro atoms. The summed E-state index contributed by atoms with van der Waals surface area (Å²) in [5, 5.41) is 4.63. The van der Waals surface area contributed by atoms with E-state index in [-0.39, 0.29) is 12.5 Å². The van der Waals surface area contributed by atoms with Crippen LogP contribution in [-0.2, 0) is 11.4 Å². The largest absolute Gasteiger partial charge is 0.493 e. The van der Waals surface area contributed by atoms with Gasteiger partial charge in [-0.1, -0.05) is 41.9 Å². The molecule has 3 rings (SSSR count). The maximum absolute atomic E-state index is 11.8. The Hall–Kier alpha value is -3.51. The van der Waals surface area contributed by atoms with E-state index in [2.05, 4.69) is 10.5 Å². The van der Waals surface area contributed by atoms with Crippen LogP contribution in [0.25, 0.3) is 0 Å². The van der Waals surface area contributed by atoms with E-state index in [0.717, 1.165) is 11.1 Å². The molecule has 3 aromatic rings. The van der Waals surface area contributed by atoms with Gasteiger partial charge in [-0.25, -0.2) is 5.43 Å². The first-order valence-electron chi connectivity index (χ1n) is 9.19. The molecule has 30 heavy (non-hydrogen) atoms. The Labute approximate surface area is 180 Å². The minimum absolute atomic E-state index is 0.123. The number of rotatable bonds is 9. The second-order valence-corrected chi connectivity index (χ2v) is 6.66. The van der Waals surface area contributed by atoms with Gasteiger partial charge in [0.15, 0.2) is 18.1 Å². The summed E-state index contributed by atoms with van der Waals surface area (Å²) in [4.78, 5) is 11.8. The summed E-state index contributed by atoms with van der Waals surface area (Å²) in [5.74, 6) is 1.43. The topological polar surface area (TPSA) is 69.2 Å². The number of para-hydroxylation sites is 1. The molecular weight excluding hydrogens is 404 g/mol. The van der Waals surface area contributed by atoms with Gasteiger partial charge >= 0.3 is 0 Å². The van der Waals surface area contributed by atoms with Crippen LogP contribution >= 0.6 is 11.6 Å². The molecule has 0 bridgehead atoms. The van der Waals surface area contributed by atoms with Crippen LogP contribution in [0.4, 0.5) is 0 Å². The Bertz CT molecular complexity index is 992. The minimum Gasteiger partial charge on any atom is -0.493 e. The number of nitrogens with one attached hydrogen (secondary N) is 1. The van der Waals surface area contributed by atoms with Gasteiger partial charge in [0, 0.05) is 5.02 Å². The Kier molecular flexibility index (Phi) is 7.69. The third-order valence-corrected chi connectivity index (χ3v) is 4.26. The Balaban J connectivity index is 1.52. The standard InChI is InChI=1S/C23H21ClN2O4/c1-28-22-13-18(9-12-21(22)30-15-17-7-10-19(24)11-8-17)14-25-26-23(27)16-29-20-5-3-2-4-6-20/h2-14H,15-16H2,1H3,(H,26,27)/b25-14-. The number of ether oxygens (including phenoxy) is 3. The zero-order chi connectivity index (χ0) is 21.2. The molecule has 0 fully saturated rings. The number of hydrogen-bond acceptors (Lipinski definition) is 5. The molecule has 0 radical (unpaired) electrons. The summed E-state index contributed by atoms with van der Waals surface area (Å²) < 4.78 is 16.6. The van der Waals surface area contributed by atoms with Gasteiger partial charge in [0.05, 0.1) is 13.3 Å². The average Bonchev–Trinajstić information content (AvgIpc) is 2.78. The summed E-state index contributed by atoms with van der Waals surface area (Å²) in [6, 6.07) is 21.9. The molecule has 0 atom stereocenters. The van der Waals surface area contributed by atoms with Crippen LogP contribution in [-0.4, -0.2) is 25.8 Å². The lowest BCUT2D eigenvalue weighted by atomic mass is 10.2. The quantitative estimate of drug-likeness (QED) is 0.407. The molecular formula is C23H21ClN2O4. The number of methoxy groups -OCH3 is 1.